The standard InChI is InChI=1S/C19H24N2O4/c1-5-6-16-17(23)21(18(24)20-16)11-14(22)12-25-15-9-7-13(8-10-15)19(2,3)4/h1,7-10,14,16,22H,6,11-12H2,2-4H3,(H,20,24). The van der Waals surface area contributed by atoms with E-state index in [4.69, 9.17) is 11.2 Å². The molecule has 2 unspecified atom stereocenters. The van der Waals surface area contributed by atoms with Gasteiger partial charge in [-0.2, -0.15) is 0 Å². The first-order chi connectivity index (χ1) is 11.7. The molecule has 1 aromatic carbocycles. The molecule has 0 radical (unpaired) electrons. The Hall–Kier alpha value is -2.52. The Morgan fingerprint density at radius 2 is 1.96 bits per heavy atom. The molecule has 0 saturated carbocycles. The zero-order valence-electron chi connectivity index (χ0n) is 14.8. The van der Waals surface area contributed by atoms with Crippen LogP contribution >= 0.6 is 0 Å². The number of nitrogens with one attached hydrogen (secondary N) is 1. The quantitative estimate of drug-likeness (QED) is 0.608. The molecule has 2 rings (SSSR count). The fourth-order valence-corrected chi connectivity index (χ4v) is 2.51. The average Bonchev–Trinajstić information content (AvgIpc) is 2.80. The summed E-state index contributed by atoms with van der Waals surface area (Å²) < 4.78 is 5.54. The molecule has 1 heterocycles. The van der Waals surface area contributed by atoms with Crippen LogP contribution in [0.2, 0.25) is 0 Å². The van der Waals surface area contributed by atoms with E-state index >= 15 is 0 Å². The summed E-state index contributed by atoms with van der Waals surface area (Å²) >= 11 is 0. The van der Waals surface area contributed by atoms with E-state index in [1.807, 2.05) is 24.3 Å². The monoisotopic (exact) mass is 344 g/mol. The summed E-state index contributed by atoms with van der Waals surface area (Å²) in [6, 6.07) is 6.37. The van der Waals surface area contributed by atoms with Crippen LogP contribution in [-0.4, -0.2) is 47.2 Å². The van der Waals surface area contributed by atoms with Gasteiger partial charge < -0.3 is 15.2 Å². The van der Waals surface area contributed by atoms with Crippen molar-refractivity contribution >= 4 is 11.9 Å². The number of aliphatic hydroxyl groups excluding tert-OH is 1. The molecule has 25 heavy (non-hydrogen) atoms. The van der Waals surface area contributed by atoms with Crippen LogP contribution in [0.4, 0.5) is 4.79 Å². The highest BCUT2D eigenvalue weighted by atomic mass is 16.5. The Kier molecular flexibility index (Phi) is 5.70. The van der Waals surface area contributed by atoms with Gasteiger partial charge in [-0.05, 0) is 23.1 Å². The number of terminal acetylenes is 1. The van der Waals surface area contributed by atoms with E-state index in [0.717, 1.165) is 4.90 Å². The van der Waals surface area contributed by atoms with Crippen LogP contribution in [0.25, 0.3) is 0 Å². The predicted molar refractivity (Wildman–Crippen MR) is 94.1 cm³/mol. The Morgan fingerprint density at radius 3 is 2.52 bits per heavy atom. The molecule has 0 bridgehead atoms. The largest absolute Gasteiger partial charge is 0.491 e. The maximum atomic E-state index is 12.0. The molecule has 0 spiro atoms. The summed E-state index contributed by atoms with van der Waals surface area (Å²) in [6.45, 7) is 6.21. The van der Waals surface area contributed by atoms with Crippen LogP contribution < -0.4 is 10.1 Å². The fourth-order valence-electron chi connectivity index (χ4n) is 2.51. The second-order valence-electron chi connectivity index (χ2n) is 7.10. The van der Waals surface area contributed by atoms with Crippen molar-refractivity contribution in [3.63, 3.8) is 0 Å². The van der Waals surface area contributed by atoms with Crippen LogP contribution in [0, 0.1) is 12.3 Å². The summed E-state index contributed by atoms with van der Waals surface area (Å²) in [7, 11) is 0. The van der Waals surface area contributed by atoms with Gasteiger partial charge in [0.25, 0.3) is 5.91 Å². The van der Waals surface area contributed by atoms with Crippen LogP contribution in [0.3, 0.4) is 0 Å². The number of hydrogen-bond donors (Lipinski definition) is 2. The number of hydrogen-bond acceptors (Lipinski definition) is 4. The number of nitrogens with zero attached hydrogens (tertiary/aromatic N) is 1. The van der Waals surface area contributed by atoms with E-state index in [0.29, 0.717) is 5.75 Å². The predicted octanol–water partition coefficient (Wildman–Crippen LogP) is 1.67. The van der Waals surface area contributed by atoms with Gasteiger partial charge in [0.1, 0.15) is 24.5 Å². The minimum Gasteiger partial charge on any atom is -0.491 e. The number of β-amino-alcohol motifs (C(OH)–C–C–N with tert-alkyl or cyclic N) is 1. The number of imide groups is 1. The summed E-state index contributed by atoms with van der Waals surface area (Å²) in [5.74, 6) is 2.55. The minimum absolute atomic E-state index is 0.0221. The number of aliphatic hydroxyl groups is 1. The third kappa shape index (κ3) is 4.74. The molecule has 1 aliphatic rings. The van der Waals surface area contributed by atoms with Gasteiger partial charge >= 0.3 is 6.03 Å². The Labute approximate surface area is 148 Å². The second-order valence-corrected chi connectivity index (χ2v) is 7.10. The topological polar surface area (TPSA) is 78.9 Å². The number of carbonyl (C=O) groups is 2. The van der Waals surface area contributed by atoms with Crippen molar-refractivity contribution in [1.29, 1.82) is 0 Å². The number of benzene rings is 1. The normalized spacial score (nSPS) is 18.7. The number of amides is 3. The van der Waals surface area contributed by atoms with Gasteiger partial charge in [0.05, 0.1) is 6.54 Å². The van der Waals surface area contributed by atoms with Crippen LogP contribution in [0.1, 0.15) is 32.8 Å². The van der Waals surface area contributed by atoms with Gasteiger partial charge in [-0.15, -0.1) is 12.3 Å². The molecule has 2 N–H and O–H groups in total. The summed E-state index contributed by atoms with van der Waals surface area (Å²) in [6.07, 6.45) is 4.32. The zero-order chi connectivity index (χ0) is 18.6. The van der Waals surface area contributed by atoms with Crippen LogP contribution in [0.15, 0.2) is 24.3 Å². The number of rotatable bonds is 6. The van der Waals surface area contributed by atoms with E-state index < -0.39 is 24.1 Å². The molecule has 0 aliphatic carbocycles. The van der Waals surface area contributed by atoms with E-state index in [1.165, 1.54) is 5.56 Å². The number of ether oxygens (including phenoxy) is 1. The Balaban J connectivity index is 1.87. The molecular formula is C19H24N2O4. The zero-order valence-corrected chi connectivity index (χ0v) is 14.8. The van der Waals surface area contributed by atoms with Gasteiger partial charge in [0.2, 0.25) is 0 Å². The van der Waals surface area contributed by atoms with Gasteiger partial charge in [-0.3, -0.25) is 9.69 Å². The summed E-state index contributed by atoms with van der Waals surface area (Å²) in [5.41, 5.74) is 1.23. The van der Waals surface area contributed by atoms with Gasteiger partial charge in [0.15, 0.2) is 0 Å². The molecule has 134 valence electrons. The molecule has 3 amide bonds. The maximum absolute atomic E-state index is 12.0. The molecule has 6 heteroatoms. The number of carbonyl (C=O) groups excluding carboxylic acids is 2. The molecule has 1 saturated heterocycles. The lowest BCUT2D eigenvalue weighted by Crippen LogP contribution is -2.40. The molecular weight excluding hydrogens is 320 g/mol. The second kappa shape index (κ2) is 7.58. The highest BCUT2D eigenvalue weighted by molar-refractivity contribution is 6.04. The molecule has 0 aromatic heterocycles. The van der Waals surface area contributed by atoms with Crippen molar-refractivity contribution in [2.24, 2.45) is 0 Å². The lowest BCUT2D eigenvalue weighted by molar-refractivity contribution is -0.128. The minimum atomic E-state index is -0.985. The first-order valence-corrected chi connectivity index (χ1v) is 8.19. The third-order valence-corrected chi connectivity index (χ3v) is 3.99. The van der Waals surface area contributed by atoms with Crippen molar-refractivity contribution < 1.29 is 19.4 Å². The maximum Gasteiger partial charge on any atom is 0.324 e. The fraction of sp³-hybridized carbons (Fsp3) is 0.474. The SMILES string of the molecule is C#CCC1NC(=O)N(CC(O)COc2ccc(C(C)(C)C)cc2)C1=O. The van der Waals surface area contributed by atoms with Crippen molar-refractivity contribution in [3.05, 3.63) is 29.8 Å². The molecule has 2 atom stereocenters. The van der Waals surface area contributed by atoms with Crippen LogP contribution in [0.5, 0.6) is 5.75 Å². The number of urea groups is 1. The first-order valence-electron chi connectivity index (χ1n) is 8.19. The van der Waals surface area contributed by atoms with Crippen molar-refractivity contribution in [1.82, 2.24) is 10.2 Å². The van der Waals surface area contributed by atoms with Crippen molar-refractivity contribution in [2.45, 2.75) is 44.8 Å². The van der Waals surface area contributed by atoms with Crippen molar-refractivity contribution in [3.8, 4) is 18.1 Å². The van der Waals surface area contributed by atoms with Crippen LogP contribution in [-0.2, 0) is 10.2 Å². The molecule has 1 aromatic rings. The lowest BCUT2D eigenvalue weighted by Gasteiger charge is -2.20. The van der Waals surface area contributed by atoms with E-state index in [2.05, 4.69) is 32.0 Å². The third-order valence-electron chi connectivity index (χ3n) is 3.99. The van der Waals surface area contributed by atoms with Crippen molar-refractivity contribution in [2.75, 3.05) is 13.2 Å². The van der Waals surface area contributed by atoms with E-state index in [9.17, 15) is 14.7 Å². The highest BCUT2D eigenvalue weighted by Crippen LogP contribution is 2.24. The average molecular weight is 344 g/mol. The lowest BCUT2D eigenvalue weighted by atomic mass is 9.87. The Bertz CT molecular complexity index is 670. The smallest absolute Gasteiger partial charge is 0.324 e. The summed E-state index contributed by atoms with van der Waals surface area (Å²) in [5, 5.41) is 12.6. The highest BCUT2D eigenvalue weighted by Gasteiger charge is 2.38. The summed E-state index contributed by atoms with van der Waals surface area (Å²) in [4.78, 5) is 24.8. The molecule has 1 fully saturated rings. The van der Waals surface area contributed by atoms with Gasteiger partial charge in [0, 0.05) is 6.42 Å². The van der Waals surface area contributed by atoms with Gasteiger partial charge in [-0.25, -0.2) is 4.79 Å². The molecule has 6 nitrogen and oxygen atoms in total. The van der Waals surface area contributed by atoms with Gasteiger partial charge in [-0.1, -0.05) is 32.9 Å². The first kappa shape index (κ1) is 18.8. The Morgan fingerprint density at radius 1 is 1.32 bits per heavy atom. The molecule has 1 aliphatic heterocycles. The van der Waals surface area contributed by atoms with E-state index in [1.54, 1.807) is 0 Å². The van der Waals surface area contributed by atoms with E-state index in [-0.39, 0.29) is 25.0 Å².